The molecule has 0 spiro atoms. The van der Waals surface area contributed by atoms with E-state index in [-0.39, 0.29) is 11.5 Å². The van der Waals surface area contributed by atoms with E-state index in [9.17, 15) is 4.79 Å². The summed E-state index contributed by atoms with van der Waals surface area (Å²) in [7, 11) is 0. The van der Waals surface area contributed by atoms with Crippen molar-refractivity contribution in [3.63, 3.8) is 0 Å². The maximum Gasteiger partial charge on any atom is 0.255 e. The fourth-order valence-electron chi connectivity index (χ4n) is 2.02. The van der Waals surface area contributed by atoms with E-state index in [4.69, 9.17) is 4.74 Å². The molecule has 1 saturated heterocycles. The number of hydrogen-bond donors (Lipinski definition) is 0. The molecule has 1 aromatic carbocycles. The van der Waals surface area contributed by atoms with E-state index in [1.54, 1.807) is 0 Å². The molecule has 0 unspecified atom stereocenters. The van der Waals surface area contributed by atoms with Crippen LogP contribution in [0.5, 0.6) is 0 Å². The summed E-state index contributed by atoms with van der Waals surface area (Å²) in [6, 6.07) is 5.60. The number of hydrogen-bond acceptors (Lipinski definition) is 2. The predicted octanol–water partition coefficient (Wildman–Crippen LogP) is 3.46. The van der Waals surface area contributed by atoms with Crippen LogP contribution < -0.4 is 0 Å². The summed E-state index contributed by atoms with van der Waals surface area (Å²) in [6.45, 7) is 5.86. The zero-order valence-electron chi connectivity index (χ0n) is 10.4. The molecular weight excluding hydrogens is 362 g/mol. The first-order valence-electron chi connectivity index (χ1n) is 5.77. The second-order valence-corrected chi connectivity index (χ2v) is 6.73. The molecule has 0 atom stereocenters. The molecule has 1 aliphatic rings. The molecule has 18 heavy (non-hydrogen) atoms. The van der Waals surface area contributed by atoms with Crippen molar-refractivity contribution < 1.29 is 9.53 Å². The van der Waals surface area contributed by atoms with Crippen molar-refractivity contribution in [2.24, 2.45) is 0 Å². The molecule has 2 rings (SSSR count). The highest BCUT2D eigenvalue weighted by Crippen LogP contribution is 2.25. The van der Waals surface area contributed by atoms with Crippen LogP contribution in [0.3, 0.4) is 0 Å². The first-order valence-corrected chi connectivity index (χ1v) is 7.36. The molecule has 0 bridgehead atoms. The number of carbonyl (C=O) groups is 1. The van der Waals surface area contributed by atoms with Gasteiger partial charge in [-0.25, -0.2) is 0 Å². The highest BCUT2D eigenvalue weighted by Gasteiger charge is 2.30. The van der Waals surface area contributed by atoms with Crippen LogP contribution >= 0.6 is 31.9 Å². The molecule has 3 nitrogen and oxygen atoms in total. The summed E-state index contributed by atoms with van der Waals surface area (Å²) in [5.74, 6) is 0.0470. The first kappa shape index (κ1) is 14.0. The Hall–Kier alpha value is -0.390. The van der Waals surface area contributed by atoms with Gasteiger partial charge in [-0.1, -0.05) is 15.9 Å². The van der Waals surface area contributed by atoms with Crippen LogP contribution in [0.1, 0.15) is 24.2 Å². The Balaban J connectivity index is 2.20. The Morgan fingerprint density at radius 2 is 2.11 bits per heavy atom. The van der Waals surface area contributed by atoms with Crippen LogP contribution in [0.2, 0.25) is 0 Å². The van der Waals surface area contributed by atoms with Gasteiger partial charge in [-0.15, -0.1) is 0 Å². The molecule has 0 aromatic heterocycles. The maximum absolute atomic E-state index is 12.4. The molecule has 1 amide bonds. The number of morpholine rings is 1. The minimum Gasteiger partial charge on any atom is -0.372 e. The van der Waals surface area contributed by atoms with Gasteiger partial charge >= 0.3 is 0 Å². The number of nitrogens with zero attached hydrogens (tertiary/aromatic N) is 1. The van der Waals surface area contributed by atoms with Crippen molar-refractivity contribution in [1.82, 2.24) is 4.90 Å². The minimum atomic E-state index is -0.268. The van der Waals surface area contributed by atoms with Crippen molar-refractivity contribution in [2.45, 2.75) is 19.4 Å². The molecule has 1 aliphatic heterocycles. The van der Waals surface area contributed by atoms with Crippen molar-refractivity contribution in [2.75, 3.05) is 19.7 Å². The summed E-state index contributed by atoms with van der Waals surface area (Å²) >= 11 is 6.82. The van der Waals surface area contributed by atoms with Crippen LogP contribution in [0.15, 0.2) is 27.1 Å². The minimum absolute atomic E-state index is 0.0470. The van der Waals surface area contributed by atoms with E-state index >= 15 is 0 Å². The molecule has 1 fully saturated rings. The van der Waals surface area contributed by atoms with Gasteiger partial charge in [0, 0.05) is 22.0 Å². The number of ether oxygens (including phenoxy) is 1. The second-order valence-electron chi connectivity index (χ2n) is 4.96. The van der Waals surface area contributed by atoms with E-state index in [2.05, 4.69) is 31.9 Å². The fourth-order valence-corrected chi connectivity index (χ4v) is 3.24. The smallest absolute Gasteiger partial charge is 0.255 e. The third-order valence-corrected chi connectivity index (χ3v) is 4.02. The summed E-state index contributed by atoms with van der Waals surface area (Å²) in [5, 5.41) is 0. The standard InChI is InChI=1S/C13H15Br2NO2/c1-13(2)8-16(5-6-18-13)12(17)10-4-3-9(14)7-11(10)15/h3-4,7H,5-6,8H2,1-2H3. The predicted molar refractivity (Wildman–Crippen MR) is 77.8 cm³/mol. The Bertz CT molecular complexity index is 474. The summed E-state index contributed by atoms with van der Waals surface area (Å²) in [4.78, 5) is 14.3. The van der Waals surface area contributed by atoms with E-state index < -0.39 is 0 Å². The van der Waals surface area contributed by atoms with Crippen molar-refractivity contribution in [3.8, 4) is 0 Å². The van der Waals surface area contributed by atoms with Gasteiger partial charge in [0.2, 0.25) is 0 Å². The lowest BCUT2D eigenvalue weighted by Crippen LogP contribution is -2.50. The van der Waals surface area contributed by atoms with E-state index in [0.29, 0.717) is 25.3 Å². The van der Waals surface area contributed by atoms with Gasteiger partial charge in [0.15, 0.2) is 0 Å². The van der Waals surface area contributed by atoms with Crippen molar-refractivity contribution in [3.05, 3.63) is 32.7 Å². The van der Waals surface area contributed by atoms with Crippen LogP contribution in [-0.2, 0) is 4.74 Å². The Labute approximate surface area is 124 Å². The maximum atomic E-state index is 12.4. The number of halogens is 2. The van der Waals surface area contributed by atoms with Gasteiger partial charge in [0.05, 0.1) is 17.8 Å². The van der Waals surface area contributed by atoms with Gasteiger partial charge < -0.3 is 9.64 Å². The van der Waals surface area contributed by atoms with Crippen LogP contribution in [0.4, 0.5) is 0 Å². The van der Waals surface area contributed by atoms with Gasteiger partial charge in [0.25, 0.3) is 5.91 Å². The second kappa shape index (κ2) is 5.31. The van der Waals surface area contributed by atoms with Crippen molar-refractivity contribution in [1.29, 1.82) is 0 Å². The van der Waals surface area contributed by atoms with E-state index in [1.807, 2.05) is 36.9 Å². The number of amides is 1. The van der Waals surface area contributed by atoms with Crippen LogP contribution in [0.25, 0.3) is 0 Å². The third-order valence-electron chi connectivity index (χ3n) is 2.87. The Morgan fingerprint density at radius 1 is 1.39 bits per heavy atom. The summed E-state index contributed by atoms with van der Waals surface area (Å²) in [6.07, 6.45) is 0. The molecule has 1 heterocycles. The zero-order chi connectivity index (χ0) is 13.3. The van der Waals surface area contributed by atoms with Gasteiger partial charge in [-0.05, 0) is 48.0 Å². The Morgan fingerprint density at radius 3 is 2.72 bits per heavy atom. The highest BCUT2D eigenvalue weighted by atomic mass is 79.9. The normalized spacial score (nSPS) is 18.8. The molecule has 0 N–H and O–H groups in total. The Kier molecular flexibility index (Phi) is 4.14. The molecular formula is C13H15Br2NO2. The molecule has 5 heteroatoms. The van der Waals surface area contributed by atoms with E-state index in [1.165, 1.54) is 0 Å². The quantitative estimate of drug-likeness (QED) is 0.751. The first-order chi connectivity index (χ1) is 8.39. The fraction of sp³-hybridized carbons (Fsp3) is 0.462. The molecule has 0 saturated carbocycles. The highest BCUT2D eigenvalue weighted by molar-refractivity contribution is 9.11. The largest absolute Gasteiger partial charge is 0.372 e. The van der Waals surface area contributed by atoms with E-state index in [0.717, 1.165) is 8.95 Å². The van der Waals surface area contributed by atoms with Crippen LogP contribution in [-0.4, -0.2) is 36.1 Å². The molecule has 98 valence electrons. The SMILES string of the molecule is CC1(C)CN(C(=O)c2ccc(Br)cc2Br)CCO1. The van der Waals surface area contributed by atoms with Gasteiger partial charge in [0.1, 0.15) is 0 Å². The molecule has 1 aromatic rings. The molecule has 0 aliphatic carbocycles. The van der Waals surface area contributed by atoms with Crippen LogP contribution in [0, 0.1) is 0 Å². The number of rotatable bonds is 1. The lowest BCUT2D eigenvalue weighted by atomic mass is 10.1. The lowest BCUT2D eigenvalue weighted by molar-refractivity contribution is -0.0764. The average molecular weight is 377 g/mol. The lowest BCUT2D eigenvalue weighted by Gasteiger charge is -2.38. The van der Waals surface area contributed by atoms with Gasteiger partial charge in [-0.2, -0.15) is 0 Å². The topological polar surface area (TPSA) is 29.5 Å². The van der Waals surface area contributed by atoms with Crippen molar-refractivity contribution >= 4 is 37.8 Å². The number of carbonyl (C=O) groups excluding carboxylic acids is 1. The number of benzene rings is 1. The molecule has 0 radical (unpaired) electrons. The summed E-state index contributed by atoms with van der Waals surface area (Å²) < 4.78 is 7.38. The van der Waals surface area contributed by atoms with Gasteiger partial charge in [-0.3, -0.25) is 4.79 Å². The average Bonchev–Trinajstić information content (AvgIpc) is 2.27. The zero-order valence-corrected chi connectivity index (χ0v) is 13.5. The monoisotopic (exact) mass is 375 g/mol. The third kappa shape index (κ3) is 3.13. The summed E-state index contributed by atoms with van der Waals surface area (Å²) in [5.41, 5.74) is 0.423.